The molecule has 0 N–H and O–H groups in total. The molecule has 0 aromatic rings. The van der Waals surface area contributed by atoms with E-state index in [2.05, 4.69) is 4.99 Å². The van der Waals surface area contributed by atoms with Crippen LogP contribution in [-0.4, -0.2) is 34.3 Å². The van der Waals surface area contributed by atoms with E-state index in [-0.39, 0.29) is 11.4 Å². The number of hydrogen-bond donors (Lipinski definition) is 0. The van der Waals surface area contributed by atoms with Gasteiger partial charge in [0.1, 0.15) is 6.67 Å². The number of carbonyl (C=O) groups excluding carboxylic acids is 1. The SMILES string of the molecule is CSC1=NCN(C(C)=O)C1(C)C. The predicted molar refractivity (Wildman–Crippen MR) is 52.4 cm³/mol. The maximum atomic E-state index is 11.2. The van der Waals surface area contributed by atoms with Crippen LogP contribution in [0.3, 0.4) is 0 Å². The number of thioether (sulfide) groups is 1. The molecule has 1 amide bonds. The fourth-order valence-electron chi connectivity index (χ4n) is 1.43. The molecule has 0 unspecified atom stereocenters. The van der Waals surface area contributed by atoms with E-state index in [1.165, 1.54) is 0 Å². The number of amides is 1. The van der Waals surface area contributed by atoms with Gasteiger partial charge in [-0.05, 0) is 20.1 Å². The molecule has 0 bridgehead atoms. The van der Waals surface area contributed by atoms with Crippen LogP contribution in [0.25, 0.3) is 0 Å². The van der Waals surface area contributed by atoms with Crippen molar-refractivity contribution in [2.75, 3.05) is 12.9 Å². The van der Waals surface area contributed by atoms with Gasteiger partial charge in [-0.15, -0.1) is 11.8 Å². The summed E-state index contributed by atoms with van der Waals surface area (Å²) in [6.45, 7) is 6.15. The summed E-state index contributed by atoms with van der Waals surface area (Å²) in [5.41, 5.74) is -0.203. The van der Waals surface area contributed by atoms with Gasteiger partial charge in [-0.2, -0.15) is 0 Å². The van der Waals surface area contributed by atoms with Crippen molar-refractivity contribution < 1.29 is 4.79 Å². The highest BCUT2D eigenvalue weighted by Crippen LogP contribution is 2.27. The Kier molecular flexibility index (Phi) is 2.46. The van der Waals surface area contributed by atoms with Gasteiger partial charge in [0.2, 0.25) is 5.91 Å². The number of nitrogens with zero attached hydrogens (tertiary/aromatic N) is 2. The van der Waals surface area contributed by atoms with E-state index in [0.717, 1.165) is 5.04 Å². The van der Waals surface area contributed by atoms with Crippen LogP contribution in [0.5, 0.6) is 0 Å². The predicted octanol–water partition coefficient (Wildman–Crippen LogP) is 1.35. The first kappa shape index (κ1) is 9.58. The third-order valence-electron chi connectivity index (χ3n) is 2.13. The van der Waals surface area contributed by atoms with Gasteiger partial charge < -0.3 is 4.90 Å². The Morgan fingerprint density at radius 2 is 2.25 bits per heavy atom. The Morgan fingerprint density at radius 3 is 2.50 bits per heavy atom. The van der Waals surface area contributed by atoms with Crippen molar-refractivity contribution in [1.82, 2.24) is 4.90 Å². The summed E-state index contributed by atoms with van der Waals surface area (Å²) < 4.78 is 0. The van der Waals surface area contributed by atoms with Crippen LogP contribution in [0.2, 0.25) is 0 Å². The molecule has 3 nitrogen and oxygen atoms in total. The lowest BCUT2D eigenvalue weighted by Crippen LogP contribution is -2.46. The highest BCUT2D eigenvalue weighted by molar-refractivity contribution is 8.13. The second-order valence-corrected chi connectivity index (χ2v) is 4.11. The van der Waals surface area contributed by atoms with Crippen molar-refractivity contribution in [3.8, 4) is 0 Å². The molecule has 0 radical (unpaired) electrons. The van der Waals surface area contributed by atoms with Gasteiger partial charge in [0.05, 0.1) is 10.6 Å². The van der Waals surface area contributed by atoms with Gasteiger partial charge in [0.15, 0.2) is 0 Å². The van der Waals surface area contributed by atoms with Crippen LogP contribution >= 0.6 is 11.8 Å². The molecule has 68 valence electrons. The zero-order valence-corrected chi connectivity index (χ0v) is 8.73. The van der Waals surface area contributed by atoms with Crippen molar-refractivity contribution in [1.29, 1.82) is 0 Å². The average molecular weight is 186 g/mol. The number of carbonyl (C=O) groups is 1. The molecular formula is C8H14N2OS. The zero-order chi connectivity index (χ0) is 9.35. The second-order valence-electron chi connectivity index (χ2n) is 3.31. The van der Waals surface area contributed by atoms with Crippen molar-refractivity contribution in [3.05, 3.63) is 0 Å². The Hall–Kier alpha value is -0.510. The Balaban J connectivity index is 2.85. The number of aliphatic imine (C=N–C) groups is 1. The van der Waals surface area contributed by atoms with E-state index >= 15 is 0 Å². The van der Waals surface area contributed by atoms with E-state index in [4.69, 9.17) is 0 Å². The molecule has 0 atom stereocenters. The van der Waals surface area contributed by atoms with Crippen LogP contribution in [-0.2, 0) is 4.79 Å². The highest BCUT2D eigenvalue weighted by Gasteiger charge is 2.37. The standard InChI is InChI=1S/C8H14N2OS/c1-6(11)10-5-9-7(12-4)8(10,2)3/h5H2,1-4H3. The molecule has 0 aromatic carbocycles. The summed E-state index contributed by atoms with van der Waals surface area (Å²) in [4.78, 5) is 17.2. The topological polar surface area (TPSA) is 32.7 Å². The van der Waals surface area contributed by atoms with Gasteiger partial charge in [0.25, 0.3) is 0 Å². The third kappa shape index (κ3) is 1.35. The largest absolute Gasteiger partial charge is 0.312 e. The molecule has 0 spiro atoms. The average Bonchev–Trinajstić information content (AvgIpc) is 2.24. The molecule has 1 rings (SSSR count). The smallest absolute Gasteiger partial charge is 0.221 e. The molecule has 0 saturated heterocycles. The molecule has 4 heteroatoms. The van der Waals surface area contributed by atoms with Gasteiger partial charge >= 0.3 is 0 Å². The molecule has 12 heavy (non-hydrogen) atoms. The minimum Gasteiger partial charge on any atom is -0.312 e. The summed E-state index contributed by atoms with van der Waals surface area (Å²) in [6.07, 6.45) is 1.99. The monoisotopic (exact) mass is 186 g/mol. The number of rotatable bonds is 0. The lowest BCUT2D eigenvalue weighted by molar-refractivity contribution is -0.131. The van der Waals surface area contributed by atoms with E-state index in [9.17, 15) is 4.79 Å². The minimum absolute atomic E-state index is 0.0906. The van der Waals surface area contributed by atoms with Gasteiger partial charge in [0, 0.05) is 6.92 Å². The lowest BCUT2D eigenvalue weighted by atomic mass is 10.1. The minimum atomic E-state index is -0.203. The summed E-state index contributed by atoms with van der Waals surface area (Å²) in [6, 6.07) is 0. The highest BCUT2D eigenvalue weighted by atomic mass is 32.2. The lowest BCUT2D eigenvalue weighted by Gasteiger charge is -2.30. The maximum Gasteiger partial charge on any atom is 0.221 e. The molecule has 0 aliphatic carbocycles. The van der Waals surface area contributed by atoms with Gasteiger partial charge in [-0.25, -0.2) is 0 Å². The van der Waals surface area contributed by atoms with Crippen LogP contribution < -0.4 is 0 Å². The van der Waals surface area contributed by atoms with Crippen molar-refractivity contribution in [3.63, 3.8) is 0 Å². The first-order valence-electron chi connectivity index (χ1n) is 3.87. The molecule has 0 saturated carbocycles. The van der Waals surface area contributed by atoms with Crippen molar-refractivity contribution in [2.45, 2.75) is 26.3 Å². The normalized spacial score (nSPS) is 21.0. The van der Waals surface area contributed by atoms with Crippen LogP contribution in [0, 0.1) is 0 Å². The summed E-state index contributed by atoms with van der Waals surface area (Å²) >= 11 is 1.62. The molecule has 1 aliphatic rings. The summed E-state index contributed by atoms with van der Waals surface area (Å²) in [5.74, 6) is 0.0906. The first-order chi connectivity index (χ1) is 5.50. The fraction of sp³-hybridized carbons (Fsp3) is 0.750. The Bertz CT molecular complexity index is 235. The quantitative estimate of drug-likeness (QED) is 0.572. The summed E-state index contributed by atoms with van der Waals surface area (Å²) in [5, 5.41) is 1.04. The maximum absolute atomic E-state index is 11.2. The van der Waals surface area contributed by atoms with E-state index in [1.54, 1.807) is 23.6 Å². The molecule has 1 aliphatic heterocycles. The van der Waals surface area contributed by atoms with Crippen molar-refractivity contribution >= 4 is 22.7 Å². The molecule has 0 fully saturated rings. The van der Waals surface area contributed by atoms with E-state index < -0.39 is 0 Å². The third-order valence-corrected chi connectivity index (χ3v) is 3.14. The van der Waals surface area contributed by atoms with E-state index in [1.807, 2.05) is 20.1 Å². The van der Waals surface area contributed by atoms with Crippen LogP contribution in [0.1, 0.15) is 20.8 Å². The Morgan fingerprint density at radius 1 is 1.67 bits per heavy atom. The zero-order valence-electron chi connectivity index (χ0n) is 7.92. The van der Waals surface area contributed by atoms with Gasteiger partial charge in [-0.3, -0.25) is 9.79 Å². The van der Waals surface area contributed by atoms with Gasteiger partial charge in [-0.1, -0.05) is 0 Å². The van der Waals surface area contributed by atoms with Crippen LogP contribution in [0.15, 0.2) is 4.99 Å². The van der Waals surface area contributed by atoms with Crippen LogP contribution in [0.4, 0.5) is 0 Å². The Labute approximate surface area is 77.2 Å². The van der Waals surface area contributed by atoms with Crippen molar-refractivity contribution in [2.24, 2.45) is 4.99 Å². The summed E-state index contributed by atoms with van der Waals surface area (Å²) in [7, 11) is 0. The fourth-order valence-corrected chi connectivity index (χ4v) is 2.22. The number of hydrogen-bond acceptors (Lipinski definition) is 3. The van der Waals surface area contributed by atoms with E-state index in [0.29, 0.717) is 6.67 Å². The first-order valence-corrected chi connectivity index (χ1v) is 5.09. The molecular weight excluding hydrogens is 172 g/mol. The molecule has 0 aromatic heterocycles. The second kappa shape index (κ2) is 3.09. The molecule has 1 heterocycles.